The average Bonchev–Trinajstić information content (AvgIpc) is 3.13. The molecule has 7 nitrogen and oxygen atoms in total. The lowest BCUT2D eigenvalue weighted by Gasteiger charge is -2.24. The van der Waals surface area contributed by atoms with E-state index in [-0.39, 0.29) is 23.8 Å². The van der Waals surface area contributed by atoms with Gasteiger partial charge in [0.15, 0.2) is 5.13 Å². The van der Waals surface area contributed by atoms with Crippen LogP contribution in [-0.2, 0) is 16.6 Å². The Kier molecular flexibility index (Phi) is 6.74. The second kappa shape index (κ2) is 9.26. The molecule has 0 radical (unpaired) electrons. The number of thiazole rings is 1. The second-order valence-electron chi connectivity index (χ2n) is 8.01. The number of hydrogen-bond acceptors (Lipinski definition) is 5. The SMILES string of the molecule is CC(C)(C)c1cccc(OCCNC(=O)Cc2csc(N3CCCNC3=O)n2)c1. The zero-order valence-electron chi connectivity index (χ0n) is 17.2. The summed E-state index contributed by atoms with van der Waals surface area (Å²) in [5, 5.41) is 8.11. The maximum atomic E-state index is 12.2. The van der Waals surface area contributed by atoms with Crippen molar-refractivity contribution >= 4 is 28.4 Å². The van der Waals surface area contributed by atoms with Crippen LogP contribution in [0.2, 0.25) is 0 Å². The predicted molar refractivity (Wildman–Crippen MR) is 115 cm³/mol. The number of nitrogens with one attached hydrogen (secondary N) is 2. The molecule has 0 saturated carbocycles. The number of nitrogens with zero attached hydrogens (tertiary/aromatic N) is 2. The van der Waals surface area contributed by atoms with Gasteiger partial charge in [0.1, 0.15) is 12.4 Å². The maximum Gasteiger partial charge on any atom is 0.323 e. The average molecular weight is 417 g/mol. The molecular formula is C21H28N4O3S. The first-order valence-corrected chi connectivity index (χ1v) is 10.7. The van der Waals surface area contributed by atoms with E-state index in [0.29, 0.717) is 37.1 Å². The molecule has 1 fully saturated rings. The number of benzene rings is 1. The van der Waals surface area contributed by atoms with Crippen LogP contribution in [0.25, 0.3) is 0 Å². The van der Waals surface area contributed by atoms with Gasteiger partial charge in [-0.1, -0.05) is 32.9 Å². The number of hydrogen-bond donors (Lipinski definition) is 2. The van der Waals surface area contributed by atoms with Crippen LogP contribution in [0.5, 0.6) is 5.75 Å². The van der Waals surface area contributed by atoms with E-state index >= 15 is 0 Å². The molecule has 2 aromatic rings. The number of urea groups is 1. The van der Waals surface area contributed by atoms with E-state index in [9.17, 15) is 9.59 Å². The minimum atomic E-state index is -0.130. The van der Waals surface area contributed by atoms with Crippen LogP contribution < -0.4 is 20.3 Å². The highest BCUT2D eigenvalue weighted by Crippen LogP contribution is 2.25. The van der Waals surface area contributed by atoms with Crippen molar-refractivity contribution in [3.63, 3.8) is 0 Å². The van der Waals surface area contributed by atoms with Gasteiger partial charge in [-0.05, 0) is 29.5 Å². The van der Waals surface area contributed by atoms with Crippen LogP contribution in [0.1, 0.15) is 38.4 Å². The molecular weight excluding hydrogens is 388 g/mol. The van der Waals surface area contributed by atoms with Gasteiger partial charge in [0.05, 0.1) is 18.7 Å². The zero-order chi connectivity index (χ0) is 20.9. The van der Waals surface area contributed by atoms with Crippen LogP contribution >= 0.6 is 11.3 Å². The van der Waals surface area contributed by atoms with Gasteiger partial charge in [0, 0.05) is 18.5 Å². The van der Waals surface area contributed by atoms with Gasteiger partial charge < -0.3 is 15.4 Å². The maximum absolute atomic E-state index is 12.2. The van der Waals surface area contributed by atoms with Crippen molar-refractivity contribution in [2.45, 2.75) is 39.0 Å². The first-order chi connectivity index (χ1) is 13.8. The Labute approximate surface area is 175 Å². The summed E-state index contributed by atoms with van der Waals surface area (Å²) in [6, 6.07) is 7.90. The highest BCUT2D eigenvalue weighted by atomic mass is 32.1. The molecule has 3 amide bonds. The lowest BCUT2D eigenvalue weighted by Crippen LogP contribution is -2.46. The van der Waals surface area contributed by atoms with E-state index < -0.39 is 0 Å². The molecule has 8 heteroatoms. The monoisotopic (exact) mass is 416 g/mol. The fourth-order valence-electron chi connectivity index (χ4n) is 2.95. The molecule has 1 aliphatic rings. The number of aromatic nitrogens is 1. The van der Waals surface area contributed by atoms with Crippen molar-refractivity contribution in [3.05, 3.63) is 40.9 Å². The summed E-state index contributed by atoms with van der Waals surface area (Å²) in [6.45, 7) is 8.65. The summed E-state index contributed by atoms with van der Waals surface area (Å²) in [4.78, 5) is 30.1. The molecule has 3 rings (SSSR count). The molecule has 2 N–H and O–H groups in total. The molecule has 2 heterocycles. The molecule has 1 saturated heterocycles. The number of ether oxygens (including phenoxy) is 1. The first kappa shape index (κ1) is 21.1. The normalized spacial score (nSPS) is 14.4. The number of carbonyl (C=O) groups is 2. The van der Waals surface area contributed by atoms with E-state index in [0.717, 1.165) is 12.2 Å². The van der Waals surface area contributed by atoms with Gasteiger partial charge in [-0.3, -0.25) is 9.69 Å². The Balaban J connectivity index is 1.42. The fraction of sp³-hybridized carbons (Fsp3) is 0.476. The van der Waals surface area contributed by atoms with Gasteiger partial charge in [0.25, 0.3) is 0 Å². The van der Waals surface area contributed by atoms with Crippen LogP contribution in [-0.4, -0.2) is 43.2 Å². The third-order valence-electron chi connectivity index (χ3n) is 4.59. The van der Waals surface area contributed by atoms with Gasteiger partial charge in [-0.2, -0.15) is 0 Å². The van der Waals surface area contributed by atoms with E-state index in [4.69, 9.17) is 4.74 Å². The molecule has 1 aromatic carbocycles. The molecule has 1 aromatic heterocycles. The molecule has 156 valence electrons. The van der Waals surface area contributed by atoms with Crippen molar-refractivity contribution in [1.29, 1.82) is 0 Å². The standard InChI is InChI=1S/C21H28N4O3S/c1-21(2,3)15-6-4-7-17(12-15)28-11-9-22-18(26)13-16-14-29-20(24-16)25-10-5-8-23-19(25)27/h4,6-7,12,14H,5,8-11,13H2,1-3H3,(H,22,26)(H,23,27). The number of rotatable bonds is 7. The van der Waals surface area contributed by atoms with E-state index in [1.165, 1.54) is 16.9 Å². The van der Waals surface area contributed by atoms with Crippen molar-refractivity contribution in [1.82, 2.24) is 15.6 Å². The number of anilines is 1. The van der Waals surface area contributed by atoms with E-state index in [1.54, 1.807) is 4.90 Å². The van der Waals surface area contributed by atoms with Crippen molar-refractivity contribution in [2.24, 2.45) is 0 Å². The second-order valence-corrected chi connectivity index (χ2v) is 8.85. The van der Waals surface area contributed by atoms with E-state index in [2.05, 4.69) is 42.5 Å². The van der Waals surface area contributed by atoms with Gasteiger partial charge in [0.2, 0.25) is 5.91 Å². The molecule has 0 spiro atoms. The van der Waals surface area contributed by atoms with Gasteiger partial charge in [-0.25, -0.2) is 9.78 Å². The Hall–Kier alpha value is -2.61. The Morgan fingerprint density at radius 1 is 1.38 bits per heavy atom. The van der Waals surface area contributed by atoms with Crippen molar-refractivity contribution in [2.75, 3.05) is 31.1 Å². The van der Waals surface area contributed by atoms with Crippen LogP contribution in [0, 0.1) is 0 Å². The van der Waals surface area contributed by atoms with Crippen LogP contribution in [0.4, 0.5) is 9.93 Å². The molecule has 0 bridgehead atoms. The number of carbonyl (C=O) groups excluding carboxylic acids is 2. The smallest absolute Gasteiger partial charge is 0.323 e. The Bertz CT molecular complexity index is 860. The fourth-order valence-corrected chi connectivity index (χ4v) is 3.80. The quantitative estimate of drug-likeness (QED) is 0.680. The summed E-state index contributed by atoms with van der Waals surface area (Å²) in [5.74, 6) is 0.688. The lowest BCUT2D eigenvalue weighted by molar-refractivity contribution is -0.120. The minimum absolute atomic E-state index is 0.0643. The third-order valence-corrected chi connectivity index (χ3v) is 5.50. The largest absolute Gasteiger partial charge is 0.492 e. The molecule has 1 aliphatic heterocycles. The first-order valence-electron chi connectivity index (χ1n) is 9.83. The van der Waals surface area contributed by atoms with Crippen molar-refractivity contribution < 1.29 is 14.3 Å². The third kappa shape index (κ3) is 5.93. The predicted octanol–water partition coefficient (Wildman–Crippen LogP) is 3.10. The molecule has 29 heavy (non-hydrogen) atoms. The van der Waals surface area contributed by atoms with Crippen LogP contribution in [0.15, 0.2) is 29.6 Å². The van der Waals surface area contributed by atoms with Crippen molar-refractivity contribution in [3.8, 4) is 5.75 Å². The minimum Gasteiger partial charge on any atom is -0.492 e. The summed E-state index contributed by atoms with van der Waals surface area (Å²) >= 11 is 1.38. The van der Waals surface area contributed by atoms with E-state index in [1.807, 2.05) is 23.6 Å². The summed E-state index contributed by atoms with van der Waals surface area (Å²) < 4.78 is 5.76. The Morgan fingerprint density at radius 3 is 2.97 bits per heavy atom. The Morgan fingerprint density at radius 2 is 2.21 bits per heavy atom. The topological polar surface area (TPSA) is 83.6 Å². The summed E-state index contributed by atoms with van der Waals surface area (Å²) in [6.07, 6.45) is 1.07. The highest BCUT2D eigenvalue weighted by molar-refractivity contribution is 7.14. The summed E-state index contributed by atoms with van der Waals surface area (Å²) in [7, 11) is 0. The highest BCUT2D eigenvalue weighted by Gasteiger charge is 2.22. The molecule has 0 aliphatic carbocycles. The van der Waals surface area contributed by atoms with Gasteiger partial charge >= 0.3 is 6.03 Å². The number of amides is 3. The van der Waals surface area contributed by atoms with Crippen LogP contribution in [0.3, 0.4) is 0 Å². The molecule has 0 atom stereocenters. The molecule has 0 unspecified atom stereocenters. The zero-order valence-corrected chi connectivity index (χ0v) is 18.0. The lowest BCUT2D eigenvalue weighted by atomic mass is 9.87. The van der Waals surface area contributed by atoms with Gasteiger partial charge in [-0.15, -0.1) is 11.3 Å². The summed E-state index contributed by atoms with van der Waals surface area (Å²) in [5.41, 5.74) is 1.94.